The molecular weight excluding hydrogens is 262 g/mol. The highest BCUT2D eigenvalue weighted by molar-refractivity contribution is 6.32. The van der Waals surface area contributed by atoms with Crippen molar-refractivity contribution in [2.45, 2.75) is 44.4 Å². The smallest absolute Gasteiger partial charge is 0.163 e. The van der Waals surface area contributed by atoms with Gasteiger partial charge in [0.05, 0.1) is 12.1 Å². The largest absolute Gasteiger partial charge is 0.504 e. The number of hydrogen-bond acceptors (Lipinski definition) is 3. The van der Waals surface area contributed by atoms with Crippen molar-refractivity contribution >= 4 is 11.6 Å². The van der Waals surface area contributed by atoms with Crippen LogP contribution in [0.1, 0.15) is 43.7 Å². The topological polar surface area (TPSA) is 55.5 Å². The van der Waals surface area contributed by atoms with Gasteiger partial charge in [-0.25, -0.2) is 0 Å². The van der Waals surface area contributed by atoms with Crippen LogP contribution in [0.2, 0.25) is 5.02 Å². The molecule has 1 aromatic carbocycles. The number of hydrogen-bond donors (Lipinski definition) is 2. The Morgan fingerprint density at radius 3 is 2.53 bits per heavy atom. The molecule has 3 nitrogen and oxygen atoms in total. The molecule has 3 N–H and O–H groups in total. The zero-order chi connectivity index (χ0) is 14.0. The second kappa shape index (κ2) is 5.59. The van der Waals surface area contributed by atoms with E-state index in [9.17, 15) is 5.11 Å². The van der Waals surface area contributed by atoms with Gasteiger partial charge in [0.15, 0.2) is 11.5 Å². The standard InChI is InChI=1S/C15H22ClNO2/c1-3-10-8-11(19-2)14(18)12(13(10)16)15(9-17)6-4-5-7-15/h8,18H,3-7,9,17H2,1-2H3. The molecule has 4 heteroatoms. The van der Waals surface area contributed by atoms with Crippen LogP contribution >= 0.6 is 11.6 Å². The van der Waals surface area contributed by atoms with Crippen molar-refractivity contribution in [2.75, 3.05) is 13.7 Å². The summed E-state index contributed by atoms with van der Waals surface area (Å²) in [6.45, 7) is 2.56. The molecule has 0 atom stereocenters. The molecule has 19 heavy (non-hydrogen) atoms. The maximum Gasteiger partial charge on any atom is 0.163 e. The highest BCUT2D eigenvalue weighted by Crippen LogP contribution is 2.50. The Kier molecular flexibility index (Phi) is 4.26. The fourth-order valence-corrected chi connectivity index (χ4v) is 3.66. The molecule has 1 aliphatic rings. The third-order valence-electron chi connectivity index (χ3n) is 4.36. The van der Waals surface area contributed by atoms with Gasteiger partial charge in [-0.05, 0) is 30.9 Å². The molecule has 0 radical (unpaired) electrons. The molecule has 1 aromatic rings. The first-order valence-corrected chi connectivity index (χ1v) is 7.26. The quantitative estimate of drug-likeness (QED) is 0.890. The summed E-state index contributed by atoms with van der Waals surface area (Å²) in [6, 6.07) is 1.82. The lowest BCUT2D eigenvalue weighted by atomic mass is 9.77. The normalized spacial score (nSPS) is 17.7. The first-order chi connectivity index (χ1) is 9.09. The first kappa shape index (κ1) is 14.5. The fraction of sp³-hybridized carbons (Fsp3) is 0.600. The molecule has 2 rings (SSSR count). The Hall–Kier alpha value is -0.930. The van der Waals surface area contributed by atoms with Crippen molar-refractivity contribution in [3.8, 4) is 11.5 Å². The first-order valence-electron chi connectivity index (χ1n) is 6.88. The monoisotopic (exact) mass is 283 g/mol. The maximum atomic E-state index is 10.5. The minimum atomic E-state index is -0.195. The molecule has 0 amide bonds. The Bertz CT molecular complexity index is 439. The van der Waals surface area contributed by atoms with Crippen LogP contribution in [-0.2, 0) is 11.8 Å². The molecule has 1 fully saturated rings. The summed E-state index contributed by atoms with van der Waals surface area (Å²) < 4.78 is 5.28. The molecule has 1 saturated carbocycles. The summed E-state index contributed by atoms with van der Waals surface area (Å²) in [6.07, 6.45) is 5.03. The van der Waals surface area contributed by atoms with Gasteiger partial charge in [-0.3, -0.25) is 0 Å². The van der Waals surface area contributed by atoms with Gasteiger partial charge < -0.3 is 15.6 Å². The number of halogens is 1. The number of methoxy groups -OCH3 is 1. The molecule has 0 spiro atoms. The highest BCUT2D eigenvalue weighted by atomic mass is 35.5. The second-order valence-electron chi connectivity index (χ2n) is 5.32. The fourth-order valence-electron chi connectivity index (χ4n) is 3.18. The van der Waals surface area contributed by atoms with Crippen LogP contribution in [0.15, 0.2) is 6.07 Å². The minimum Gasteiger partial charge on any atom is -0.504 e. The molecule has 0 unspecified atom stereocenters. The summed E-state index contributed by atoms with van der Waals surface area (Å²) in [7, 11) is 1.57. The summed E-state index contributed by atoms with van der Waals surface area (Å²) >= 11 is 6.52. The SMILES string of the molecule is CCc1cc(OC)c(O)c(C2(CN)CCCC2)c1Cl. The number of aromatic hydroxyl groups is 1. The summed E-state index contributed by atoms with van der Waals surface area (Å²) in [5.74, 6) is 0.660. The maximum absolute atomic E-state index is 10.5. The molecule has 0 aliphatic heterocycles. The van der Waals surface area contributed by atoms with Crippen molar-refractivity contribution in [1.29, 1.82) is 0 Å². The van der Waals surface area contributed by atoms with Gasteiger partial charge >= 0.3 is 0 Å². The molecule has 0 bridgehead atoms. The van der Waals surface area contributed by atoms with Crippen LogP contribution in [0, 0.1) is 0 Å². The lowest BCUT2D eigenvalue weighted by molar-refractivity contribution is 0.354. The predicted octanol–water partition coefficient (Wildman–Crippen LogP) is 3.39. The van der Waals surface area contributed by atoms with Crippen molar-refractivity contribution in [1.82, 2.24) is 0 Å². The Morgan fingerprint density at radius 1 is 1.42 bits per heavy atom. The van der Waals surface area contributed by atoms with Crippen molar-refractivity contribution in [2.24, 2.45) is 5.73 Å². The van der Waals surface area contributed by atoms with Crippen LogP contribution in [0.3, 0.4) is 0 Å². The van der Waals surface area contributed by atoms with Gasteiger partial charge in [0.1, 0.15) is 0 Å². The van der Waals surface area contributed by atoms with Crippen LogP contribution < -0.4 is 10.5 Å². The van der Waals surface area contributed by atoms with Gasteiger partial charge in [-0.15, -0.1) is 0 Å². The number of phenols is 1. The number of ether oxygens (including phenoxy) is 1. The van der Waals surface area contributed by atoms with E-state index in [0.717, 1.165) is 43.2 Å². The lowest BCUT2D eigenvalue weighted by Gasteiger charge is -2.31. The number of benzene rings is 1. The van der Waals surface area contributed by atoms with Crippen LogP contribution in [0.5, 0.6) is 11.5 Å². The van der Waals surface area contributed by atoms with E-state index in [1.165, 1.54) is 0 Å². The van der Waals surface area contributed by atoms with Crippen molar-refractivity contribution in [3.05, 3.63) is 22.2 Å². The van der Waals surface area contributed by atoms with Gasteiger partial charge in [0, 0.05) is 17.5 Å². The van der Waals surface area contributed by atoms with Crippen molar-refractivity contribution in [3.63, 3.8) is 0 Å². The third kappa shape index (κ3) is 2.30. The zero-order valence-corrected chi connectivity index (χ0v) is 12.4. The van der Waals surface area contributed by atoms with Crippen LogP contribution in [0.4, 0.5) is 0 Å². The molecule has 1 aliphatic carbocycles. The minimum absolute atomic E-state index is 0.164. The summed E-state index contributed by atoms with van der Waals surface area (Å²) in [5, 5.41) is 11.1. The van der Waals surface area contributed by atoms with Gasteiger partial charge in [0.2, 0.25) is 0 Å². The number of nitrogens with two attached hydrogens (primary N) is 1. The number of aryl methyl sites for hydroxylation is 1. The van der Waals surface area contributed by atoms with Gasteiger partial charge in [-0.1, -0.05) is 31.4 Å². The highest BCUT2D eigenvalue weighted by Gasteiger charge is 2.39. The summed E-state index contributed by atoms with van der Waals surface area (Å²) in [5.41, 5.74) is 7.62. The van der Waals surface area contributed by atoms with E-state index >= 15 is 0 Å². The average Bonchev–Trinajstić information content (AvgIpc) is 2.89. The van der Waals surface area contributed by atoms with Crippen LogP contribution in [-0.4, -0.2) is 18.8 Å². The molecule has 0 saturated heterocycles. The second-order valence-corrected chi connectivity index (χ2v) is 5.70. The predicted molar refractivity (Wildman–Crippen MR) is 78.2 cm³/mol. The molecular formula is C15H22ClNO2. The Morgan fingerprint density at radius 2 is 2.05 bits per heavy atom. The Balaban J connectivity index is 2.66. The lowest BCUT2D eigenvalue weighted by Crippen LogP contribution is -2.32. The van der Waals surface area contributed by atoms with E-state index in [0.29, 0.717) is 17.3 Å². The number of phenolic OH excluding ortho intramolecular Hbond substituents is 1. The van der Waals surface area contributed by atoms with E-state index in [1.54, 1.807) is 7.11 Å². The van der Waals surface area contributed by atoms with E-state index < -0.39 is 0 Å². The number of rotatable bonds is 4. The molecule has 106 valence electrons. The third-order valence-corrected chi connectivity index (χ3v) is 4.79. The van der Waals surface area contributed by atoms with E-state index in [1.807, 2.05) is 13.0 Å². The van der Waals surface area contributed by atoms with Gasteiger partial charge in [-0.2, -0.15) is 0 Å². The summed E-state index contributed by atoms with van der Waals surface area (Å²) in [4.78, 5) is 0. The van der Waals surface area contributed by atoms with Gasteiger partial charge in [0.25, 0.3) is 0 Å². The van der Waals surface area contributed by atoms with E-state index in [4.69, 9.17) is 22.1 Å². The Labute approximate surface area is 119 Å². The molecule has 0 aromatic heterocycles. The van der Waals surface area contributed by atoms with Crippen molar-refractivity contribution < 1.29 is 9.84 Å². The van der Waals surface area contributed by atoms with E-state index in [2.05, 4.69) is 0 Å². The van der Waals surface area contributed by atoms with Crippen LogP contribution in [0.25, 0.3) is 0 Å². The average molecular weight is 284 g/mol. The zero-order valence-electron chi connectivity index (χ0n) is 11.6. The van der Waals surface area contributed by atoms with E-state index in [-0.39, 0.29) is 11.2 Å². The molecule has 0 heterocycles.